The Morgan fingerprint density at radius 2 is 2.14 bits per heavy atom. The van der Waals surface area contributed by atoms with Gasteiger partial charge in [-0.25, -0.2) is 4.79 Å². The van der Waals surface area contributed by atoms with Gasteiger partial charge in [0, 0.05) is 41.6 Å². The molecule has 6 heteroatoms. The van der Waals surface area contributed by atoms with Crippen LogP contribution in [0.2, 0.25) is 0 Å². The molecule has 0 aromatic carbocycles. The van der Waals surface area contributed by atoms with Crippen molar-refractivity contribution in [1.29, 1.82) is 0 Å². The van der Waals surface area contributed by atoms with Gasteiger partial charge in [-0.2, -0.15) is 0 Å². The van der Waals surface area contributed by atoms with E-state index in [1.807, 2.05) is 17.9 Å². The van der Waals surface area contributed by atoms with Gasteiger partial charge in [0.25, 0.3) is 0 Å². The number of fused-ring (bicyclic) bond motifs is 1. The van der Waals surface area contributed by atoms with E-state index in [1.165, 1.54) is 26.8 Å². The number of hydrogen-bond acceptors (Lipinski definition) is 5. The summed E-state index contributed by atoms with van der Waals surface area (Å²) in [5.41, 5.74) is 1.30. The number of amides is 1. The van der Waals surface area contributed by atoms with Crippen molar-refractivity contribution in [3.63, 3.8) is 0 Å². The molecule has 2 heterocycles. The van der Waals surface area contributed by atoms with Gasteiger partial charge in [-0.3, -0.25) is 4.79 Å². The van der Waals surface area contributed by atoms with Gasteiger partial charge in [-0.1, -0.05) is 6.08 Å². The van der Waals surface area contributed by atoms with Gasteiger partial charge in [0.2, 0.25) is 6.41 Å². The Bertz CT molecular complexity index is 687. The number of thiophene rings is 1. The fraction of sp³-hybridized carbons (Fsp3) is 0.500. The lowest BCUT2D eigenvalue weighted by Gasteiger charge is -2.36. The molecule has 0 unspecified atom stereocenters. The van der Waals surface area contributed by atoms with Crippen LogP contribution in [-0.2, 0) is 9.53 Å². The monoisotopic (exact) mass is 320 g/mol. The number of esters is 1. The molecule has 0 bridgehead atoms. The second-order valence-electron chi connectivity index (χ2n) is 5.43. The summed E-state index contributed by atoms with van der Waals surface area (Å²) in [5.74, 6) is -0.236. The fourth-order valence-electron chi connectivity index (χ4n) is 2.99. The predicted octanol–water partition coefficient (Wildman–Crippen LogP) is 0.381. The molecule has 3 rings (SSSR count). The van der Waals surface area contributed by atoms with Crippen LogP contribution in [0.4, 0.5) is 0 Å². The Morgan fingerprint density at radius 3 is 2.82 bits per heavy atom. The first-order valence-electron chi connectivity index (χ1n) is 7.67. The standard InChI is InChI=1S/C16H20N2O3S/c1-2-21-16(20)15-10-12-13(4-3-5-14(12)22-15)18-8-6-17(11-19)7-9-18/h5,10-11H,2-4,6-9H2,1H3. The average molecular weight is 320 g/mol. The van der Waals surface area contributed by atoms with Crippen LogP contribution in [0.15, 0.2) is 6.07 Å². The molecule has 1 aliphatic heterocycles. The Labute approximate surface area is 133 Å². The van der Waals surface area contributed by atoms with Crippen LogP contribution in [0.5, 0.6) is 0 Å². The van der Waals surface area contributed by atoms with Crippen molar-refractivity contribution in [1.82, 2.24) is 9.80 Å². The zero-order chi connectivity index (χ0) is 15.5. The number of rotatable bonds is 4. The van der Waals surface area contributed by atoms with Crippen molar-refractivity contribution in [2.24, 2.45) is 0 Å². The quantitative estimate of drug-likeness (QED) is 0.594. The van der Waals surface area contributed by atoms with E-state index >= 15 is 0 Å². The Balaban J connectivity index is 1.91. The van der Waals surface area contributed by atoms with Crippen molar-refractivity contribution < 1.29 is 14.3 Å². The van der Waals surface area contributed by atoms with Crippen molar-refractivity contribution in [3.8, 4) is 0 Å². The van der Waals surface area contributed by atoms with Crippen LogP contribution in [0, 0.1) is 0 Å². The summed E-state index contributed by atoms with van der Waals surface area (Å²) in [7, 11) is 0. The van der Waals surface area contributed by atoms with Crippen LogP contribution in [-0.4, -0.2) is 55.0 Å². The third-order valence-corrected chi connectivity index (χ3v) is 5.22. The molecule has 1 aromatic rings. The minimum atomic E-state index is -0.236. The van der Waals surface area contributed by atoms with E-state index in [4.69, 9.17) is 4.74 Å². The fourth-order valence-corrected chi connectivity index (χ4v) is 4.03. The molecule has 0 saturated carbocycles. The minimum Gasteiger partial charge on any atom is -0.462 e. The highest BCUT2D eigenvalue weighted by Crippen LogP contribution is 2.18. The molecule has 118 valence electrons. The first kappa shape index (κ1) is 15.1. The zero-order valence-corrected chi connectivity index (χ0v) is 13.5. The van der Waals surface area contributed by atoms with E-state index in [1.54, 1.807) is 0 Å². The minimum absolute atomic E-state index is 0.236. The Hall–Kier alpha value is -1.82. The second-order valence-corrected chi connectivity index (χ2v) is 6.51. The van der Waals surface area contributed by atoms with E-state index in [2.05, 4.69) is 11.0 Å². The highest BCUT2D eigenvalue weighted by Gasteiger charge is 2.21. The number of nitrogens with zero attached hydrogens (tertiary/aromatic N) is 2. The summed E-state index contributed by atoms with van der Waals surface area (Å²) >= 11 is 1.51. The van der Waals surface area contributed by atoms with Crippen molar-refractivity contribution >= 4 is 35.5 Å². The molecule has 0 radical (unpaired) electrons. The van der Waals surface area contributed by atoms with Crippen molar-refractivity contribution in [2.45, 2.75) is 19.8 Å². The van der Waals surface area contributed by atoms with Crippen LogP contribution < -0.4 is 9.75 Å². The molecule has 0 atom stereocenters. The number of hydrogen-bond donors (Lipinski definition) is 0. The largest absolute Gasteiger partial charge is 0.462 e. The van der Waals surface area contributed by atoms with Gasteiger partial charge in [-0.05, 0) is 25.8 Å². The van der Waals surface area contributed by atoms with Crippen LogP contribution in [0.1, 0.15) is 29.4 Å². The van der Waals surface area contributed by atoms with Crippen LogP contribution in [0.25, 0.3) is 11.8 Å². The van der Waals surface area contributed by atoms with Crippen LogP contribution in [0.3, 0.4) is 0 Å². The molecule has 1 amide bonds. The first-order valence-corrected chi connectivity index (χ1v) is 8.49. The normalized spacial score (nSPS) is 17.8. The molecule has 2 aliphatic rings. The maximum absolute atomic E-state index is 11.9. The molecule has 1 aromatic heterocycles. The predicted molar refractivity (Wildman–Crippen MR) is 85.8 cm³/mol. The van der Waals surface area contributed by atoms with Gasteiger partial charge in [-0.15, -0.1) is 11.3 Å². The maximum atomic E-state index is 11.9. The third-order valence-electron chi connectivity index (χ3n) is 4.10. The van der Waals surface area contributed by atoms with E-state index in [-0.39, 0.29) is 5.97 Å². The average Bonchev–Trinajstić information content (AvgIpc) is 2.99. The van der Waals surface area contributed by atoms with E-state index in [0.29, 0.717) is 11.5 Å². The summed E-state index contributed by atoms with van der Waals surface area (Å²) in [6.45, 7) is 5.47. The Kier molecular flexibility index (Phi) is 4.47. The third kappa shape index (κ3) is 2.88. The Morgan fingerprint density at radius 1 is 1.36 bits per heavy atom. The van der Waals surface area contributed by atoms with E-state index < -0.39 is 0 Å². The topological polar surface area (TPSA) is 49.9 Å². The second kappa shape index (κ2) is 6.52. The molecule has 0 N–H and O–H groups in total. The zero-order valence-electron chi connectivity index (χ0n) is 12.7. The van der Waals surface area contributed by atoms with Gasteiger partial charge < -0.3 is 14.5 Å². The molecule has 1 saturated heterocycles. The SMILES string of the molecule is CCOC(=O)c1cc2c(s1)=CCCC=2N1CCN(C=O)CC1. The lowest BCUT2D eigenvalue weighted by atomic mass is 10.1. The van der Waals surface area contributed by atoms with Crippen LogP contribution >= 0.6 is 11.3 Å². The summed E-state index contributed by atoms with van der Waals surface area (Å²) in [5, 5.41) is 1.17. The van der Waals surface area contributed by atoms with E-state index in [0.717, 1.165) is 45.4 Å². The van der Waals surface area contributed by atoms with Gasteiger partial charge in [0.15, 0.2) is 0 Å². The number of ether oxygens (including phenoxy) is 1. The van der Waals surface area contributed by atoms with Gasteiger partial charge in [0.1, 0.15) is 4.88 Å². The summed E-state index contributed by atoms with van der Waals surface area (Å²) in [6, 6.07) is 1.97. The molecule has 1 fully saturated rings. The molecule has 22 heavy (non-hydrogen) atoms. The maximum Gasteiger partial charge on any atom is 0.348 e. The van der Waals surface area contributed by atoms with Gasteiger partial charge in [0.05, 0.1) is 6.61 Å². The first-order chi connectivity index (χ1) is 10.7. The molecular weight excluding hydrogens is 300 g/mol. The molecular formula is C16H20N2O3S. The van der Waals surface area contributed by atoms with Crippen molar-refractivity contribution in [2.75, 3.05) is 32.8 Å². The summed E-state index contributed by atoms with van der Waals surface area (Å²) in [4.78, 5) is 27.6. The van der Waals surface area contributed by atoms with E-state index in [9.17, 15) is 9.59 Å². The number of piperazine rings is 1. The lowest BCUT2D eigenvalue weighted by molar-refractivity contribution is -0.119. The lowest BCUT2D eigenvalue weighted by Crippen LogP contribution is -2.47. The molecule has 0 spiro atoms. The summed E-state index contributed by atoms with van der Waals surface area (Å²) in [6.07, 6.45) is 5.12. The number of carbonyl (C=O) groups excluding carboxylic acids is 2. The smallest absolute Gasteiger partial charge is 0.348 e. The summed E-state index contributed by atoms with van der Waals surface area (Å²) < 4.78 is 6.27. The molecule has 5 nitrogen and oxygen atoms in total. The highest BCUT2D eigenvalue weighted by molar-refractivity contribution is 7.11. The van der Waals surface area contributed by atoms with Crippen molar-refractivity contribution in [3.05, 3.63) is 20.7 Å². The molecule has 1 aliphatic carbocycles. The number of carbonyl (C=O) groups is 2. The van der Waals surface area contributed by atoms with Gasteiger partial charge >= 0.3 is 5.97 Å². The highest BCUT2D eigenvalue weighted by atomic mass is 32.1.